The van der Waals surface area contributed by atoms with Crippen LogP contribution in [0.15, 0.2) is 23.3 Å². The van der Waals surface area contributed by atoms with E-state index in [2.05, 4.69) is 0 Å². The quantitative estimate of drug-likeness (QED) is 0.582. The molecule has 0 bridgehead atoms. The monoisotopic (exact) mass is 190 g/mol. The molecule has 0 saturated carbocycles. The molecule has 0 aromatic heterocycles. The molecule has 2 atom stereocenters. The molecule has 1 aliphatic rings. The zero-order valence-electron chi connectivity index (χ0n) is 6.05. The van der Waals surface area contributed by atoms with Gasteiger partial charge < -0.3 is 0 Å². The molecule has 1 aliphatic carbocycles. The Morgan fingerprint density at radius 2 is 2.27 bits per heavy atom. The maximum Gasteiger partial charge on any atom is 0.229 e. The summed E-state index contributed by atoms with van der Waals surface area (Å²) < 4.78 is 0. The van der Waals surface area contributed by atoms with Crippen LogP contribution >= 0.6 is 23.2 Å². The summed E-state index contributed by atoms with van der Waals surface area (Å²) in [4.78, 5) is 10.8. The van der Waals surface area contributed by atoms with Crippen molar-refractivity contribution in [2.24, 2.45) is 11.8 Å². The number of hydrogen-bond acceptors (Lipinski definition) is 1. The third-order valence-corrected chi connectivity index (χ3v) is 2.53. The average Bonchev–Trinajstić information content (AvgIpc) is 1.94. The molecule has 0 aromatic carbocycles. The van der Waals surface area contributed by atoms with Crippen molar-refractivity contribution in [3.8, 4) is 0 Å². The van der Waals surface area contributed by atoms with E-state index in [1.165, 1.54) is 0 Å². The third-order valence-electron chi connectivity index (χ3n) is 1.81. The molecule has 0 spiro atoms. The zero-order chi connectivity index (χ0) is 8.43. The lowest BCUT2D eigenvalue weighted by atomic mass is 9.91. The van der Waals surface area contributed by atoms with Gasteiger partial charge in [-0.1, -0.05) is 30.7 Å². The van der Waals surface area contributed by atoms with Crippen molar-refractivity contribution in [3.63, 3.8) is 0 Å². The first kappa shape index (κ1) is 8.82. The first-order chi connectivity index (χ1) is 5.13. The van der Waals surface area contributed by atoms with Gasteiger partial charge in [0.1, 0.15) is 0 Å². The Bertz CT molecular complexity index is 230. The summed E-state index contributed by atoms with van der Waals surface area (Å²) in [6.07, 6.45) is 5.31. The third kappa shape index (κ3) is 1.85. The van der Waals surface area contributed by atoms with Crippen LogP contribution in [0.2, 0.25) is 0 Å². The van der Waals surface area contributed by atoms with Crippen molar-refractivity contribution in [2.45, 2.75) is 6.92 Å². The normalized spacial score (nSPS) is 29.9. The van der Waals surface area contributed by atoms with E-state index in [0.717, 1.165) is 0 Å². The number of rotatable bonds is 1. The molecule has 1 unspecified atom stereocenters. The second-order valence-electron chi connectivity index (χ2n) is 2.56. The second-order valence-corrected chi connectivity index (χ2v) is 3.36. The van der Waals surface area contributed by atoms with Crippen LogP contribution in [0.5, 0.6) is 0 Å². The molecule has 0 aliphatic heterocycles. The van der Waals surface area contributed by atoms with E-state index in [0.29, 0.717) is 5.03 Å². The summed E-state index contributed by atoms with van der Waals surface area (Å²) >= 11 is 11.1. The standard InChI is InChI=1S/C8H8Cl2O/c1-5-6(8(10)11)3-2-4-7(5)9/h2-6H,1H3/t5-,6?/m1/s1. The van der Waals surface area contributed by atoms with E-state index in [1.54, 1.807) is 18.2 Å². The Balaban J connectivity index is 2.81. The number of hydrogen-bond donors (Lipinski definition) is 0. The summed E-state index contributed by atoms with van der Waals surface area (Å²) in [7, 11) is 0. The van der Waals surface area contributed by atoms with Crippen LogP contribution in [0.3, 0.4) is 0 Å². The minimum atomic E-state index is -0.347. The molecule has 1 nitrogen and oxygen atoms in total. The lowest BCUT2D eigenvalue weighted by Gasteiger charge is -2.18. The van der Waals surface area contributed by atoms with Crippen LogP contribution in [-0.4, -0.2) is 5.24 Å². The lowest BCUT2D eigenvalue weighted by Crippen LogP contribution is -2.17. The molecule has 0 N–H and O–H groups in total. The topological polar surface area (TPSA) is 17.1 Å². The summed E-state index contributed by atoms with van der Waals surface area (Å²) in [6.45, 7) is 1.88. The summed E-state index contributed by atoms with van der Waals surface area (Å²) in [5, 5.41) is 0.339. The first-order valence-electron chi connectivity index (χ1n) is 3.36. The van der Waals surface area contributed by atoms with E-state index in [4.69, 9.17) is 23.2 Å². The molecule has 3 heteroatoms. The van der Waals surface area contributed by atoms with Gasteiger partial charge in [0.2, 0.25) is 5.24 Å². The fourth-order valence-electron chi connectivity index (χ4n) is 1.03. The smallest absolute Gasteiger partial charge is 0.229 e. The highest BCUT2D eigenvalue weighted by Gasteiger charge is 2.24. The maximum absolute atomic E-state index is 10.8. The number of halogens is 2. The Labute approximate surface area is 75.7 Å². The maximum atomic E-state index is 10.8. The van der Waals surface area contributed by atoms with Crippen LogP contribution in [0.4, 0.5) is 0 Å². The second kappa shape index (κ2) is 3.42. The van der Waals surface area contributed by atoms with E-state index in [9.17, 15) is 4.79 Å². The van der Waals surface area contributed by atoms with Gasteiger partial charge in [-0.15, -0.1) is 0 Å². The Hall–Kier alpha value is -0.270. The van der Waals surface area contributed by atoms with Gasteiger partial charge in [0.15, 0.2) is 0 Å². The molecular weight excluding hydrogens is 183 g/mol. The van der Waals surface area contributed by atoms with Crippen molar-refractivity contribution in [2.75, 3.05) is 0 Å². The van der Waals surface area contributed by atoms with Crippen molar-refractivity contribution in [1.29, 1.82) is 0 Å². The van der Waals surface area contributed by atoms with Gasteiger partial charge in [0.25, 0.3) is 0 Å². The van der Waals surface area contributed by atoms with Crippen molar-refractivity contribution < 1.29 is 4.79 Å². The minimum Gasteiger partial charge on any atom is -0.281 e. The Kier molecular flexibility index (Phi) is 2.74. The zero-order valence-corrected chi connectivity index (χ0v) is 7.56. The molecule has 0 radical (unpaired) electrons. The van der Waals surface area contributed by atoms with Crippen molar-refractivity contribution in [3.05, 3.63) is 23.3 Å². The lowest BCUT2D eigenvalue weighted by molar-refractivity contribution is -0.114. The fraction of sp³-hybridized carbons (Fsp3) is 0.375. The first-order valence-corrected chi connectivity index (χ1v) is 4.11. The van der Waals surface area contributed by atoms with E-state index in [-0.39, 0.29) is 17.1 Å². The molecule has 0 aromatic rings. The molecule has 0 fully saturated rings. The number of allylic oxidation sites excluding steroid dienone is 4. The Morgan fingerprint density at radius 1 is 1.64 bits per heavy atom. The molecule has 1 rings (SSSR count). The van der Waals surface area contributed by atoms with Crippen LogP contribution in [0, 0.1) is 11.8 Å². The summed E-state index contributed by atoms with van der Waals surface area (Å²) in [5.41, 5.74) is 0. The Morgan fingerprint density at radius 3 is 2.73 bits per heavy atom. The largest absolute Gasteiger partial charge is 0.281 e. The fourth-order valence-corrected chi connectivity index (χ4v) is 1.50. The van der Waals surface area contributed by atoms with Gasteiger partial charge in [-0.3, -0.25) is 4.79 Å². The van der Waals surface area contributed by atoms with Gasteiger partial charge in [-0.05, 0) is 17.7 Å². The van der Waals surface area contributed by atoms with E-state index in [1.807, 2.05) is 6.92 Å². The highest BCUT2D eigenvalue weighted by atomic mass is 35.5. The van der Waals surface area contributed by atoms with Crippen LogP contribution in [0.25, 0.3) is 0 Å². The highest BCUT2D eigenvalue weighted by Crippen LogP contribution is 2.29. The van der Waals surface area contributed by atoms with E-state index < -0.39 is 0 Å². The van der Waals surface area contributed by atoms with Gasteiger partial charge in [0.05, 0.1) is 5.92 Å². The van der Waals surface area contributed by atoms with Gasteiger partial charge in [-0.25, -0.2) is 0 Å². The molecule has 0 saturated heterocycles. The molecule has 0 heterocycles. The minimum absolute atomic E-state index is 0.0201. The van der Waals surface area contributed by atoms with Gasteiger partial charge >= 0.3 is 0 Å². The number of carbonyl (C=O) groups excluding carboxylic acids is 1. The summed E-state index contributed by atoms with van der Waals surface area (Å²) in [6, 6.07) is 0. The molecule has 11 heavy (non-hydrogen) atoms. The number of carbonyl (C=O) groups is 1. The molecule has 60 valence electrons. The van der Waals surface area contributed by atoms with Crippen LogP contribution in [-0.2, 0) is 4.79 Å². The van der Waals surface area contributed by atoms with Crippen molar-refractivity contribution in [1.82, 2.24) is 0 Å². The SMILES string of the molecule is C[C@H]1C(Cl)=CC=CC1C(=O)Cl. The van der Waals surface area contributed by atoms with Gasteiger partial charge in [-0.2, -0.15) is 0 Å². The summed E-state index contributed by atoms with van der Waals surface area (Å²) in [5.74, 6) is -0.235. The highest BCUT2D eigenvalue weighted by molar-refractivity contribution is 6.64. The van der Waals surface area contributed by atoms with Crippen LogP contribution in [0.1, 0.15) is 6.92 Å². The molecular formula is C8H8Cl2O. The van der Waals surface area contributed by atoms with Gasteiger partial charge in [0, 0.05) is 11.0 Å². The molecule has 0 amide bonds. The van der Waals surface area contributed by atoms with Crippen LogP contribution < -0.4 is 0 Å². The predicted octanol–water partition coefficient (Wildman–Crippen LogP) is 2.70. The average molecular weight is 191 g/mol. The van der Waals surface area contributed by atoms with E-state index >= 15 is 0 Å². The predicted molar refractivity (Wildman–Crippen MR) is 46.6 cm³/mol. The van der Waals surface area contributed by atoms with Crippen molar-refractivity contribution >= 4 is 28.4 Å².